The summed E-state index contributed by atoms with van der Waals surface area (Å²) in [5, 5.41) is 5.59. The highest BCUT2D eigenvalue weighted by molar-refractivity contribution is 7.52. The SMILES string of the molecule is O=C(NCCCCC(OP(=O)(O)CCCc1ccccc1)C(=O)OC(=O)[C@@H]1CCCN1)OCc1ccccc1. The van der Waals surface area contributed by atoms with Crippen molar-refractivity contribution in [2.45, 2.75) is 63.7 Å². The van der Waals surface area contributed by atoms with Crippen LogP contribution in [0.25, 0.3) is 0 Å². The van der Waals surface area contributed by atoms with Gasteiger partial charge in [-0.05, 0) is 62.6 Å². The number of alkyl carbamates (subject to hydrolysis) is 1. The van der Waals surface area contributed by atoms with E-state index in [1.54, 1.807) is 0 Å². The van der Waals surface area contributed by atoms with E-state index in [2.05, 4.69) is 10.6 Å². The molecule has 1 heterocycles. The summed E-state index contributed by atoms with van der Waals surface area (Å²) in [6.07, 6.45) is 1.11. The van der Waals surface area contributed by atoms with E-state index in [4.69, 9.17) is 14.0 Å². The molecular weight excluding hydrogens is 523 g/mol. The van der Waals surface area contributed by atoms with Gasteiger partial charge >= 0.3 is 25.6 Å². The van der Waals surface area contributed by atoms with Crippen LogP contribution in [0.15, 0.2) is 60.7 Å². The predicted molar refractivity (Wildman–Crippen MR) is 145 cm³/mol. The van der Waals surface area contributed by atoms with Gasteiger partial charge in [0.25, 0.3) is 0 Å². The first-order valence-electron chi connectivity index (χ1n) is 13.3. The lowest BCUT2D eigenvalue weighted by atomic mass is 10.1. The van der Waals surface area contributed by atoms with Crippen molar-refractivity contribution in [3.05, 3.63) is 71.8 Å². The first-order chi connectivity index (χ1) is 18.8. The van der Waals surface area contributed by atoms with Crippen molar-refractivity contribution in [2.24, 2.45) is 0 Å². The lowest BCUT2D eigenvalue weighted by Crippen LogP contribution is -2.37. The van der Waals surface area contributed by atoms with Gasteiger partial charge < -0.3 is 25.0 Å². The van der Waals surface area contributed by atoms with Crippen LogP contribution in [0.1, 0.15) is 49.7 Å². The van der Waals surface area contributed by atoms with Crippen LogP contribution in [-0.4, -0.2) is 54.3 Å². The molecular formula is C28H37N2O8P. The molecule has 11 heteroatoms. The zero-order valence-electron chi connectivity index (χ0n) is 22.0. The number of unbranched alkanes of at least 4 members (excludes halogenated alkanes) is 1. The second kappa shape index (κ2) is 16.2. The van der Waals surface area contributed by atoms with E-state index in [1.165, 1.54) is 0 Å². The Morgan fingerprint density at radius 2 is 1.69 bits per heavy atom. The number of rotatable bonds is 15. The molecule has 0 radical (unpaired) electrons. The Kier molecular flexibility index (Phi) is 12.6. The van der Waals surface area contributed by atoms with Crippen molar-refractivity contribution in [2.75, 3.05) is 19.3 Å². The molecule has 3 rings (SSSR count). The molecule has 0 aliphatic carbocycles. The van der Waals surface area contributed by atoms with Crippen molar-refractivity contribution in [3.8, 4) is 0 Å². The maximum absolute atomic E-state index is 12.8. The van der Waals surface area contributed by atoms with Gasteiger partial charge in [0.1, 0.15) is 12.6 Å². The maximum atomic E-state index is 12.8. The van der Waals surface area contributed by atoms with Crippen LogP contribution >= 0.6 is 7.60 Å². The Hall–Kier alpha value is -3.04. The van der Waals surface area contributed by atoms with E-state index >= 15 is 0 Å². The minimum absolute atomic E-state index is 0.0498. The molecule has 1 fully saturated rings. The molecule has 1 amide bonds. The largest absolute Gasteiger partial charge is 0.445 e. The van der Waals surface area contributed by atoms with Gasteiger partial charge in [-0.3, -0.25) is 9.09 Å². The molecule has 2 aromatic rings. The molecule has 3 atom stereocenters. The fraction of sp³-hybridized carbons (Fsp3) is 0.464. The lowest BCUT2D eigenvalue weighted by molar-refractivity contribution is -0.166. The average Bonchev–Trinajstić information content (AvgIpc) is 3.47. The number of ether oxygens (including phenoxy) is 2. The number of amides is 1. The highest BCUT2D eigenvalue weighted by Crippen LogP contribution is 2.45. The second-order valence-electron chi connectivity index (χ2n) is 9.42. The molecule has 212 valence electrons. The van der Waals surface area contributed by atoms with Gasteiger partial charge in [0, 0.05) is 6.54 Å². The molecule has 3 N–H and O–H groups in total. The van der Waals surface area contributed by atoms with E-state index in [0.717, 1.165) is 17.5 Å². The smallest absolute Gasteiger partial charge is 0.407 e. The van der Waals surface area contributed by atoms with E-state index in [0.29, 0.717) is 38.6 Å². The van der Waals surface area contributed by atoms with Gasteiger partial charge in [-0.1, -0.05) is 60.7 Å². The minimum atomic E-state index is -4.14. The number of carbonyl (C=O) groups is 3. The van der Waals surface area contributed by atoms with Crippen LogP contribution in [0, 0.1) is 0 Å². The van der Waals surface area contributed by atoms with Crippen LogP contribution in [0.2, 0.25) is 0 Å². The number of esters is 2. The summed E-state index contributed by atoms with van der Waals surface area (Å²) in [4.78, 5) is 47.4. The van der Waals surface area contributed by atoms with E-state index in [1.807, 2.05) is 60.7 Å². The first kappa shape index (κ1) is 30.5. The second-order valence-corrected chi connectivity index (χ2v) is 11.4. The highest BCUT2D eigenvalue weighted by Gasteiger charge is 2.33. The van der Waals surface area contributed by atoms with Crippen LogP contribution in [0.4, 0.5) is 4.79 Å². The first-order valence-corrected chi connectivity index (χ1v) is 15.1. The molecule has 1 saturated heterocycles. The molecule has 1 aliphatic rings. The zero-order chi connectivity index (χ0) is 27.9. The molecule has 2 aromatic carbocycles. The fourth-order valence-corrected chi connectivity index (χ4v) is 5.39. The Morgan fingerprint density at radius 1 is 1.00 bits per heavy atom. The maximum Gasteiger partial charge on any atom is 0.407 e. The topological polar surface area (TPSA) is 140 Å². The number of hydrogen-bond donors (Lipinski definition) is 3. The van der Waals surface area contributed by atoms with Crippen molar-refractivity contribution in [3.63, 3.8) is 0 Å². The van der Waals surface area contributed by atoms with Crippen LogP contribution < -0.4 is 10.6 Å². The fourth-order valence-electron chi connectivity index (χ4n) is 4.13. The van der Waals surface area contributed by atoms with Gasteiger partial charge in [-0.15, -0.1) is 0 Å². The van der Waals surface area contributed by atoms with Crippen molar-refractivity contribution in [1.82, 2.24) is 10.6 Å². The summed E-state index contributed by atoms with van der Waals surface area (Å²) >= 11 is 0. The van der Waals surface area contributed by atoms with Crippen molar-refractivity contribution >= 4 is 25.6 Å². The Labute approximate surface area is 229 Å². The van der Waals surface area contributed by atoms with Gasteiger partial charge in [-0.2, -0.15) is 0 Å². The predicted octanol–water partition coefficient (Wildman–Crippen LogP) is 4.11. The average molecular weight is 561 g/mol. The number of nitrogens with one attached hydrogen (secondary N) is 2. The van der Waals surface area contributed by atoms with Crippen molar-refractivity contribution in [1.29, 1.82) is 0 Å². The summed E-state index contributed by atoms with van der Waals surface area (Å²) in [6, 6.07) is 18.2. The number of hydrogen-bond acceptors (Lipinski definition) is 8. The third kappa shape index (κ3) is 11.7. The summed E-state index contributed by atoms with van der Waals surface area (Å²) < 4.78 is 28.3. The third-order valence-corrected chi connectivity index (χ3v) is 7.69. The molecule has 0 aromatic heterocycles. The zero-order valence-corrected chi connectivity index (χ0v) is 22.9. The highest BCUT2D eigenvalue weighted by atomic mass is 31.2. The molecule has 10 nitrogen and oxygen atoms in total. The summed E-state index contributed by atoms with van der Waals surface area (Å²) in [5.41, 5.74) is 1.89. The number of benzene rings is 2. The Balaban J connectivity index is 1.45. The minimum Gasteiger partial charge on any atom is -0.445 e. The van der Waals surface area contributed by atoms with E-state index in [-0.39, 0.29) is 25.7 Å². The van der Waals surface area contributed by atoms with Gasteiger partial charge in [0.15, 0.2) is 6.10 Å². The molecule has 0 spiro atoms. The molecule has 39 heavy (non-hydrogen) atoms. The normalized spacial score (nSPS) is 17.1. The van der Waals surface area contributed by atoms with Gasteiger partial charge in [-0.25, -0.2) is 14.4 Å². The Morgan fingerprint density at radius 3 is 2.36 bits per heavy atom. The summed E-state index contributed by atoms with van der Waals surface area (Å²) in [5.74, 6) is -1.70. The number of aryl methyl sites for hydroxylation is 1. The van der Waals surface area contributed by atoms with E-state index in [9.17, 15) is 23.8 Å². The molecule has 0 bridgehead atoms. The standard InChI is InChI=1S/C28H37N2O8P/c31-26(24-16-9-19-29-24)37-27(32)25(38-39(34,35)20-10-15-22-11-3-1-4-12-22)17-7-8-18-30-28(33)36-21-23-13-5-2-6-14-23/h1-6,11-14,24-25,29H,7-10,15-21H2,(H,30,33)(H,34,35)/t24-,25?/m0/s1. The van der Waals surface area contributed by atoms with Gasteiger partial charge in [0.05, 0.1) is 6.16 Å². The summed E-state index contributed by atoms with van der Waals surface area (Å²) in [7, 11) is -4.14. The molecule has 0 saturated carbocycles. The quantitative estimate of drug-likeness (QED) is 0.127. The van der Waals surface area contributed by atoms with Crippen LogP contribution in [0.3, 0.4) is 0 Å². The third-order valence-electron chi connectivity index (χ3n) is 6.23. The van der Waals surface area contributed by atoms with Crippen molar-refractivity contribution < 1.29 is 37.8 Å². The van der Waals surface area contributed by atoms with Gasteiger partial charge in [0.2, 0.25) is 0 Å². The monoisotopic (exact) mass is 560 g/mol. The van der Waals surface area contributed by atoms with Crippen LogP contribution in [-0.2, 0) is 41.2 Å². The summed E-state index contributed by atoms with van der Waals surface area (Å²) in [6.45, 7) is 1.07. The van der Waals surface area contributed by atoms with Crippen LogP contribution in [0.5, 0.6) is 0 Å². The molecule has 2 unspecified atom stereocenters. The van der Waals surface area contributed by atoms with E-state index < -0.39 is 37.8 Å². The molecule has 1 aliphatic heterocycles. The Bertz CT molecular complexity index is 1090. The number of carbonyl (C=O) groups excluding carboxylic acids is 3. The lowest BCUT2D eigenvalue weighted by Gasteiger charge is -2.20.